The number of carbonyl (C=O) groups excluding carboxylic acids is 2. The molecule has 0 spiro atoms. The van der Waals surface area contributed by atoms with Gasteiger partial charge in [0.1, 0.15) is 5.69 Å². The molecule has 0 aliphatic carbocycles. The number of rotatable bonds is 4. The van der Waals surface area contributed by atoms with Crippen LogP contribution in [0.15, 0.2) is 60.8 Å². The molecule has 0 fully saturated rings. The Kier molecular flexibility index (Phi) is 3.59. The van der Waals surface area contributed by atoms with Crippen LogP contribution in [0.25, 0.3) is 11.0 Å². The third-order valence-corrected chi connectivity index (χ3v) is 3.77. The molecule has 2 aromatic heterocycles. The number of para-hydroxylation sites is 2. The lowest BCUT2D eigenvalue weighted by Gasteiger charge is -2.03. The van der Waals surface area contributed by atoms with Crippen LogP contribution in [-0.2, 0) is 0 Å². The minimum absolute atomic E-state index is 0.139. The second kappa shape index (κ2) is 6.04. The minimum atomic E-state index is -0.466. The van der Waals surface area contributed by atoms with Crippen molar-refractivity contribution in [3.05, 3.63) is 77.6 Å². The molecule has 4 rings (SSSR count). The lowest BCUT2D eigenvalue weighted by molar-refractivity contribution is 0.0994. The van der Waals surface area contributed by atoms with Gasteiger partial charge in [0.05, 0.1) is 22.8 Å². The van der Waals surface area contributed by atoms with E-state index in [1.807, 2.05) is 30.3 Å². The fraction of sp³-hybridized carbons (Fsp3) is 0. The molecule has 3 N–H and O–H groups in total. The largest absolute Gasteiger partial charge is 0.324 e. The molecule has 0 bridgehead atoms. The number of fused-ring (bicyclic) bond motifs is 1. The standard InChI is InChI=1S/C18H13N5O2/c24-16(11-6-2-1-3-7-11)15-12(10-19-23-15)17(25)22-18-20-13-8-4-5-9-14(13)21-18/h1-10H,(H,19,23)(H2,20,21,22,25). The van der Waals surface area contributed by atoms with Gasteiger partial charge in [0.2, 0.25) is 11.7 Å². The molecule has 0 aliphatic heterocycles. The summed E-state index contributed by atoms with van der Waals surface area (Å²) in [6.45, 7) is 0. The van der Waals surface area contributed by atoms with Crippen LogP contribution in [0.3, 0.4) is 0 Å². The van der Waals surface area contributed by atoms with Crippen LogP contribution in [0.4, 0.5) is 5.95 Å². The normalized spacial score (nSPS) is 10.7. The average molecular weight is 331 g/mol. The van der Waals surface area contributed by atoms with Gasteiger partial charge in [-0.3, -0.25) is 20.0 Å². The van der Waals surface area contributed by atoms with Crippen LogP contribution in [0, 0.1) is 0 Å². The van der Waals surface area contributed by atoms with Gasteiger partial charge >= 0.3 is 0 Å². The van der Waals surface area contributed by atoms with Crippen molar-refractivity contribution in [1.29, 1.82) is 0 Å². The lowest BCUT2D eigenvalue weighted by Crippen LogP contribution is -2.16. The maximum atomic E-state index is 12.6. The van der Waals surface area contributed by atoms with E-state index in [0.717, 1.165) is 11.0 Å². The van der Waals surface area contributed by atoms with Crippen molar-refractivity contribution in [2.45, 2.75) is 0 Å². The Balaban J connectivity index is 1.61. The first-order valence-corrected chi connectivity index (χ1v) is 7.61. The molecular formula is C18H13N5O2. The number of aromatic nitrogens is 4. The summed E-state index contributed by atoms with van der Waals surface area (Å²) < 4.78 is 0. The number of imidazole rings is 1. The summed E-state index contributed by atoms with van der Waals surface area (Å²) in [5, 5.41) is 9.11. The number of benzene rings is 2. The van der Waals surface area contributed by atoms with Crippen molar-refractivity contribution in [1.82, 2.24) is 20.2 Å². The number of H-pyrrole nitrogens is 2. The molecule has 7 heteroatoms. The van der Waals surface area contributed by atoms with Crippen molar-refractivity contribution in [2.75, 3.05) is 5.32 Å². The third-order valence-electron chi connectivity index (χ3n) is 3.77. The van der Waals surface area contributed by atoms with E-state index in [-0.39, 0.29) is 17.0 Å². The number of hydrogen-bond acceptors (Lipinski definition) is 4. The quantitative estimate of drug-likeness (QED) is 0.500. The Hall–Kier alpha value is -3.74. The van der Waals surface area contributed by atoms with E-state index < -0.39 is 5.91 Å². The highest BCUT2D eigenvalue weighted by molar-refractivity contribution is 6.16. The minimum Gasteiger partial charge on any atom is -0.324 e. The van der Waals surface area contributed by atoms with Crippen LogP contribution < -0.4 is 5.32 Å². The molecule has 1 amide bonds. The maximum Gasteiger partial charge on any atom is 0.261 e. The maximum absolute atomic E-state index is 12.6. The molecule has 0 unspecified atom stereocenters. The zero-order valence-corrected chi connectivity index (χ0v) is 13.0. The molecule has 0 aliphatic rings. The van der Waals surface area contributed by atoms with E-state index in [0.29, 0.717) is 11.5 Å². The number of amides is 1. The second-order valence-corrected chi connectivity index (χ2v) is 5.41. The van der Waals surface area contributed by atoms with E-state index in [1.165, 1.54) is 6.20 Å². The fourth-order valence-corrected chi connectivity index (χ4v) is 2.55. The number of carbonyl (C=O) groups is 2. The van der Waals surface area contributed by atoms with Gasteiger partial charge in [0.25, 0.3) is 5.91 Å². The number of nitrogens with zero attached hydrogens (tertiary/aromatic N) is 2. The van der Waals surface area contributed by atoms with Gasteiger partial charge in [-0.05, 0) is 12.1 Å². The van der Waals surface area contributed by atoms with Gasteiger partial charge in [0.15, 0.2) is 0 Å². The molecule has 25 heavy (non-hydrogen) atoms. The van der Waals surface area contributed by atoms with Crippen LogP contribution in [0.1, 0.15) is 26.4 Å². The van der Waals surface area contributed by atoms with E-state index in [1.54, 1.807) is 24.3 Å². The topological polar surface area (TPSA) is 104 Å². The van der Waals surface area contributed by atoms with Gasteiger partial charge in [0, 0.05) is 5.56 Å². The molecule has 2 heterocycles. The smallest absolute Gasteiger partial charge is 0.261 e. The summed E-state index contributed by atoms with van der Waals surface area (Å²) in [7, 11) is 0. The van der Waals surface area contributed by atoms with Crippen molar-refractivity contribution >= 4 is 28.7 Å². The summed E-state index contributed by atoms with van der Waals surface area (Å²) >= 11 is 0. The first kappa shape index (κ1) is 14.8. The summed E-state index contributed by atoms with van der Waals surface area (Å²) in [6.07, 6.45) is 1.33. The highest BCUT2D eigenvalue weighted by Gasteiger charge is 2.21. The number of hydrogen-bond donors (Lipinski definition) is 3. The Morgan fingerprint density at radius 3 is 2.52 bits per heavy atom. The SMILES string of the molecule is O=C(Nc1nc2ccccc2[nH]1)c1cn[nH]c1C(=O)c1ccccc1. The van der Waals surface area contributed by atoms with E-state index in [2.05, 4.69) is 25.5 Å². The van der Waals surface area contributed by atoms with Crippen LogP contribution in [0.2, 0.25) is 0 Å². The number of aromatic amines is 2. The van der Waals surface area contributed by atoms with E-state index >= 15 is 0 Å². The Bertz CT molecular complexity index is 1030. The molecular weight excluding hydrogens is 318 g/mol. The Morgan fingerprint density at radius 2 is 1.72 bits per heavy atom. The second-order valence-electron chi connectivity index (χ2n) is 5.41. The van der Waals surface area contributed by atoms with Crippen LogP contribution in [0.5, 0.6) is 0 Å². The van der Waals surface area contributed by atoms with Crippen LogP contribution >= 0.6 is 0 Å². The van der Waals surface area contributed by atoms with Gasteiger partial charge in [-0.15, -0.1) is 0 Å². The van der Waals surface area contributed by atoms with Gasteiger partial charge in [-0.2, -0.15) is 5.10 Å². The first-order chi connectivity index (χ1) is 12.2. The highest BCUT2D eigenvalue weighted by atomic mass is 16.2. The molecule has 2 aromatic carbocycles. The molecule has 4 aromatic rings. The highest BCUT2D eigenvalue weighted by Crippen LogP contribution is 2.16. The summed E-state index contributed by atoms with van der Waals surface area (Å²) in [5.74, 6) is -0.453. The molecule has 122 valence electrons. The molecule has 0 saturated heterocycles. The summed E-state index contributed by atoms with van der Waals surface area (Å²) in [6, 6.07) is 16.1. The monoisotopic (exact) mass is 331 g/mol. The number of anilines is 1. The molecule has 0 atom stereocenters. The van der Waals surface area contributed by atoms with Gasteiger partial charge < -0.3 is 4.98 Å². The predicted octanol–water partition coefficient (Wildman–Crippen LogP) is 2.77. The van der Waals surface area contributed by atoms with E-state index in [4.69, 9.17) is 0 Å². The van der Waals surface area contributed by atoms with Crippen molar-refractivity contribution in [2.24, 2.45) is 0 Å². The number of nitrogens with one attached hydrogen (secondary N) is 3. The van der Waals surface area contributed by atoms with Crippen LogP contribution in [-0.4, -0.2) is 31.9 Å². The van der Waals surface area contributed by atoms with E-state index in [9.17, 15) is 9.59 Å². The van der Waals surface area contributed by atoms with Crippen molar-refractivity contribution < 1.29 is 9.59 Å². The molecule has 0 radical (unpaired) electrons. The average Bonchev–Trinajstić information content (AvgIpc) is 3.28. The molecule has 0 saturated carbocycles. The summed E-state index contributed by atoms with van der Waals surface area (Å²) in [5.41, 5.74) is 2.33. The lowest BCUT2D eigenvalue weighted by atomic mass is 10.1. The predicted molar refractivity (Wildman–Crippen MR) is 92.5 cm³/mol. The Labute approximate surface area is 142 Å². The zero-order chi connectivity index (χ0) is 17.2. The van der Waals surface area contributed by atoms with Gasteiger partial charge in [-0.1, -0.05) is 42.5 Å². The number of ketones is 1. The summed E-state index contributed by atoms with van der Waals surface area (Å²) in [4.78, 5) is 32.4. The van der Waals surface area contributed by atoms with Gasteiger partial charge in [-0.25, -0.2) is 4.98 Å². The fourth-order valence-electron chi connectivity index (χ4n) is 2.55. The Morgan fingerprint density at radius 1 is 0.960 bits per heavy atom. The molecule has 7 nitrogen and oxygen atoms in total. The van der Waals surface area contributed by atoms with Crippen molar-refractivity contribution in [3.63, 3.8) is 0 Å². The third kappa shape index (κ3) is 2.78. The zero-order valence-electron chi connectivity index (χ0n) is 13.0. The first-order valence-electron chi connectivity index (χ1n) is 7.61. The van der Waals surface area contributed by atoms with Crippen molar-refractivity contribution in [3.8, 4) is 0 Å².